The first kappa shape index (κ1) is 20.2. The fourth-order valence-electron chi connectivity index (χ4n) is 1.26. The molecule has 0 saturated carbocycles. The molecular formula is C12H12F8N2O2. The predicted molar refractivity (Wildman–Crippen MR) is 65.6 cm³/mol. The van der Waals surface area contributed by atoms with Crippen LogP contribution in [-0.4, -0.2) is 37.2 Å². The maximum atomic E-state index is 13.1. The molecule has 138 valence electrons. The summed E-state index contributed by atoms with van der Waals surface area (Å²) in [5.74, 6) is -11.1. The van der Waals surface area contributed by atoms with Gasteiger partial charge in [0.1, 0.15) is 11.5 Å². The van der Waals surface area contributed by atoms with Gasteiger partial charge >= 0.3 is 24.1 Å². The summed E-state index contributed by atoms with van der Waals surface area (Å²) in [6, 6.07) is 2.19. The molecule has 4 nitrogen and oxygen atoms in total. The van der Waals surface area contributed by atoms with Crippen LogP contribution in [-0.2, 0) is 0 Å². The molecule has 0 unspecified atom stereocenters. The number of benzene rings is 1. The molecule has 0 spiro atoms. The molecule has 0 atom stereocenters. The normalized spacial score (nSPS) is 13.8. The maximum Gasteiger partial charge on any atom is 0.465 e. The Morgan fingerprint density at radius 1 is 0.625 bits per heavy atom. The molecule has 0 aliphatic heterocycles. The number of rotatable bonds is 8. The van der Waals surface area contributed by atoms with Crippen LogP contribution in [0.5, 0.6) is 11.5 Å². The third-order valence-electron chi connectivity index (χ3n) is 2.68. The van der Waals surface area contributed by atoms with E-state index in [1.165, 1.54) is 0 Å². The lowest BCUT2D eigenvalue weighted by molar-refractivity contribution is -0.305. The van der Waals surface area contributed by atoms with Crippen molar-refractivity contribution < 1.29 is 44.6 Å². The van der Waals surface area contributed by atoms with Gasteiger partial charge in [0.25, 0.3) is 0 Å². The molecule has 0 bridgehead atoms. The highest BCUT2D eigenvalue weighted by Gasteiger charge is 2.59. The van der Waals surface area contributed by atoms with Crippen molar-refractivity contribution in [2.45, 2.75) is 24.1 Å². The van der Waals surface area contributed by atoms with Crippen molar-refractivity contribution >= 4 is 0 Å². The lowest BCUT2D eigenvalue weighted by atomic mass is 10.3. The van der Waals surface area contributed by atoms with E-state index < -0.39 is 48.7 Å². The van der Waals surface area contributed by atoms with Crippen LogP contribution in [0.2, 0.25) is 0 Å². The summed E-state index contributed by atoms with van der Waals surface area (Å²) in [5, 5.41) is 0. The molecule has 0 aliphatic rings. The van der Waals surface area contributed by atoms with E-state index in [4.69, 9.17) is 0 Å². The van der Waals surface area contributed by atoms with Crippen molar-refractivity contribution in [3.63, 3.8) is 0 Å². The largest absolute Gasteiger partial charge is 0.465 e. The van der Waals surface area contributed by atoms with Crippen LogP contribution in [0, 0.1) is 0 Å². The van der Waals surface area contributed by atoms with E-state index in [0.717, 1.165) is 0 Å². The lowest BCUT2D eigenvalue weighted by Gasteiger charge is -2.26. The molecule has 0 heterocycles. The molecule has 12 heteroatoms. The predicted octanol–water partition coefficient (Wildman–Crippen LogP) is 2.82. The average molecular weight is 368 g/mol. The summed E-state index contributed by atoms with van der Waals surface area (Å²) < 4.78 is 112. The van der Waals surface area contributed by atoms with Crippen LogP contribution < -0.4 is 20.9 Å². The van der Waals surface area contributed by atoms with E-state index in [2.05, 4.69) is 20.9 Å². The molecular weight excluding hydrogens is 356 g/mol. The van der Waals surface area contributed by atoms with Crippen molar-refractivity contribution in [3.05, 3.63) is 24.3 Å². The quantitative estimate of drug-likeness (QED) is 0.693. The molecule has 0 fully saturated rings. The van der Waals surface area contributed by atoms with Gasteiger partial charge in [0.05, 0.1) is 13.1 Å². The lowest BCUT2D eigenvalue weighted by Crippen LogP contribution is -2.50. The number of halogens is 8. The van der Waals surface area contributed by atoms with Crippen LogP contribution >= 0.6 is 0 Å². The Labute approximate surface area is 130 Å². The van der Waals surface area contributed by atoms with Gasteiger partial charge in [0, 0.05) is 0 Å². The summed E-state index contributed by atoms with van der Waals surface area (Å²) in [6.45, 7) is -3.41. The fraction of sp³-hybridized carbons (Fsp3) is 0.500. The number of hydrogen-bond donors (Lipinski definition) is 2. The second kappa shape index (κ2) is 6.59. The monoisotopic (exact) mass is 368 g/mol. The van der Waals surface area contributed by atoms with Gasteiger partial charge < -0.3 is 20.9 Å². The molecule has 1 aromatic rings. The summed E-state index contributed by atoms with van der Waals surface area (Å²) >= 11 is 0. The Morgan fingerprint density at radius 3 is 1.08 bits per heavy atom. The molecule has 0 aliphatic carbocycles. The Balaban J connectivity index is 2.88. The fourth-order valence-corrected chi connectivity index (χ4v) is 1.26. The number of ether oxygens (including phenoxy) is 2. The smallest absolute Gasteiger partial charge is 0.428 e. The van der Waals surface area contributed by atoms with E-state index in [1.54, 1.807) is 0 Å². The molecule has 0 saturated heterocycles. The van der Waals surface area contributed by atoms with Crippen molar-refractivity contribution in [1.29, 1.82) is 0 Å². The molecule has 1 rings (SSSR count). The Morgan fingerprint density at radius 2 is 0.875 bits per heavy atom. The maximum absolute atomic E-state index is 13.1. The van der Waals surface area contributed by atoms with Crippen LogP contribution in [0.15, 0.2) is 24.3 Å². The van der Waals surface area contributed by atoms with E-state index in [0.29, 0.717) is 24.3 Å². The van der Waals surface area contributed by atoms with Gasteiger partial charge in [0.15, 0.2) is 0 Å². The van der Waals surface area contributed by atoms with Crippen LogP contribution in [0.1, 0.15) is 0 Å². The topological polar surface area (TPSA) is 70.5 Å². The zero-order valence-electron chi connectivity index (χ0n) is 11.7. The van der Waals surface area contributed by atoms with Crippen LogP contribution in [0.3, 0.4) is 0 Å². The molecule has 0 aromatic heterocycles. The molecule has 0 radical (unpaired) electrons. The first-order chi connectivity index (χ1) is 10.8. The van der Waals surface area contributed by atoms with E-state index in [9.17, 15) is 35.1 Å². The summed E-state index contributed by atoms with van der Waals surface area (Å²) in [7, 11) is 0. The first-order valence-electron chi connectivity index (χ1n) is 6.17. The number of alkyl halides is 8. The van der Waals surface area contributed by atoms with Crippen LogP contribution in [0.4, 0.5) is 35.1 Å². The van der Waals surface area contributed by atoms with Crippen molar-refractivity contribution in [2.24, 2.45) is 11.5 Å². The Hall–Kier alpha value is -1.82. The van der Waals surface area contributed by atoms with Crippen molar-refractivity contribution in [1.82, 2.24) is 0 Å². The number of hydrogen-bond acceptors (Lipinski definition) is 4. The molecule has 0 amide bonds. The van der Waals surface area contributed by atoms with Gasteiger partial charge in [0.2, 0.25) is 0 Å². The SMILES string of the molecule is NCC(F)(F)C(F)(F)Oc1ccc(OC(F)(F)C(F)(F)CN)cc1. The summed E-state index contributed by atoms with van der Waals surface area (Å²) in [4.78, 5) is 0. The van der Waals surface area contributed by atoms with E-state index >= 15 is 0 Å². The molecule has 4 N–H and O–H groups in total. The van der Waals surface area contributed by atoms with E-state index in [-0.39, 0.29) is 0 Å². The van der Waals surface area contributed by atoms with Crippen molar-refractivity contribution in [2.75, 3.05) is 13.1 Å². The van der Waals surface area contributed by atoms with E-state index in [1.807, 2.05) is 0 Å². The zero-order chi connectivity index (χ0) is 18.8. The minimum Gasteiger partial charge on any atom is -0.428 e. The standard InChI is InChI=1S/C12H12F8N2O2/c13-9(14,5-21)11(17,18)23-7-1-2-8(4-3-7)24-12(19,20)10(15,16)6-22/h1-4H,5-6,21-22H2. The second-order valence-corrected chi connectivity index (χ2v) is 4.53. The Bertz CT molecular complexity index is 501. The molecule has 1 aromatic carbocycles. The average Bonchev–Trinajstić information content (AvgIpc) is 2.48. The minimum atomic E-state index is -4.97. The molecule has 24 heavy (non-hydrogen) atoms. The third kappa shape index (κ3) is 4.17. The minimum absolute atomic E-state index is 0.548. The first-order valence-corrected chi connectivity index (χ1v) is 6.17. The van der Waals surface area contributed by atoms with Gasteiger partial charge in [-0.05, 0) is 24.3 Å². The Kier molecular flexibility index (Phi) is 5.55. The summed E-state index contributed by atoms with van der Waals surface area (Å²) in [5.41, 5.74) is 9.00. The highest BCUT2D eigenvalue weighted by Crippen LogP contribution is 2.38. The third-order valence-corrected chi connectivity index (χ3v) is 2.68. The highest BCUT2D eigenvalue weighted by molar-refractivity contribution is 5.32. The van der Waals surface area contributed by atoms with Gasteiger partial charge in [-0.15, -0.1) is 0 Å². The van der Waals surface area contributed by atoms with Gasteiger partial charge in [-0.1, -0.05) is 0 Å². The number of nitrogens with two attached hydrogens (primary N) is 2. The second-order valence-electron chi connectivity index (χ2n) is 4.53. The zero-order valence-corrected chi connectivity index (χ0v) is 11.7. The summed E-state index contributed by atoms with van der Waals surface area (Å²) in [6.07, 6.45) is -9.94. The van der Waals surface area contributed by atoms with Gasteiger partial charge in [-0.2, -0.15) is 35.1 Å². The highest BCUT2D eigenvalue weighted by atomic mass is 19.3. The van der Waals surface area contributed by atoms with Gasteiger partial charge in [-0.25, -0.2) is 0 Å². The van der Waals surface area contributed by atoms with Crippen LogP contribution in [0.25, 0.3) is 0 Å². The van der Waals surface area contributed by atoms with Gasteiger partial charge in [-0.3, -0.25) is 0 Å². The van der Waals surface area contributed by atoms with Crippen molar-refractivity contribution in [3.8, 4) is 11.5 Å².